The van der Waals surface area contributed by atoms with E-state index in [0.29, 0.717) is 10.7 Å². The molecule has 1 atom stereocenters. The fourth-order valence-electron chi connectivity index (χ4n) is 2.70. The molecule has 0 aliphatic heterocycles. The summed E-state index contributed by atoms with van der Waals surface area (Å²) in [6.07, 6.45) is -1.01. The van der Waals surface area contributed by atoms with Gasteiger partial charge in [0.2, 0.25) is 4.77 Å². The predicted molar refractivity (Wildman–Crippen MR) is 117 cm³/mol. The molecule has 0 bridgehead atoms. The number of benzene rings is 2. The second-order valence-electron chi connectivity index (χ2n) is 6.43. The van der Waals surface area contributed by atoms with Crippen LogP contribution in [0.3, 0.4) is 0 Å². The molecule has 7 nitrogen and oxygen atoms in total. The van der Waals surface area contributed by atoms with E-state index in [9.17, 15) is 14.0 Å². The van der Waals surface area contributed by atoms with Gasteiger partial charge in [0.25, 0.3) is 5.56 Å². The van der Waals surface area contributed by atoms with Gasteiger partial charge >= 0.3 is 5.97 Å². The third-order valence-electron chi connectivity index (χ3n) is 4.36. The Morgan fingerprint density at radius 1 is 1.23 bits per heavy atom. The van der Waals surface area contributed by atoms with Gasteiger partial charge in [-0.05, 0) is 55.5 Å². The van der Waals surface area contributed by atoms with Gasteiger partial charge in [0.05, 0.1) is 17.8 Å². The zero-order valence-corrected chi connectivity index (χ0v) is 18.9. The SMILES string of the molecule is COC(=O)[C@@H](C)Oc1cc(-c2nn(-c3ccc(Cl)cc3)c(=S)n(C)c2=O)c(F)cc1Cl. The minimum absolute atomic E-state index is 0.0136. The van der Waals surface area contributed by atoms with Crippen LogP contribution in [-0.2, 0) is 16.6 Å². The van der Waals surface area contributed by atoms with Gasteiger partial charge in [-0.3, -0.25) is 9.36 Å². The molecule has 0 N–H and O–H groups in total. The van der Waals surface area contributed by atoms with Crippen LogP contribution in [0.4, 0.5) is 4.39 Å². The minimum atomic E-state index is -1.01. The van der Waals surface area contributed by atoms with Crippen LogP contribution >= 0.6 is 35.4 Å². The number of rotatable bonds is 5. The van der Waals surface area contributed by atoms with E-state index in [1.54, 1.807) is 24.3 Å². The molecule has 11 heteroatoms. The topological polar surface area (TPSA) is 75.3 Å². The van der Waals surface area contributed by atoms with Crippen LogP contribution in [0.2, 0.25) is 10.0 Å². The molecule has 0 amide bonds. The van der Waals surface area contributed by atoms with Gasteiger partial charge in [-0.2, -0.15) is 5.10 Å². The predicted octanol–water partition coefficient (Wildman–Crippen LogP) is 4.35. The molecule has 3 aromatic rings. The molecule has 0 unspecified atom stereocenters. The van der Waals surface area contributed by atoms with Crippen molar-refractivity contribution in [2.45, 2.75) is 13.0 Å². The lowest BCUT2D eigenvalue weighted by molar-refractivity contribution is -0.147. The molecular weight excluding hydrogens is 468 g/mol. The number of hydrogen-bond acceptors (Lipinski definition) is 6. The van der Waals surface area contributed by atoms with Crippen LogP contribution in [0.15, 0.2) is 41.2 Å². The van der Waals surface area contributed by atoms with Gasteiger partial charge < -0.3 is 9.47 Å². The first-order valence-electron chi connectivity index (χ1n) is 8.84. The Labute approximate surface area is 191 Å². The summed E-state index contributed by atoms with van der Waals surface area (Å²) in [7, 11) is 2.66. The Morgan fingerprint density at radius 2 is 1.87 bits per heavy atom. The first kappa shape index (κ1) is 22.9. The largest absolute Gasteiger partial charge is 0.477 e. The number of methoxy groups -OCH3 is 1. The van der Waals surface area contributed by atoms with E-state index in [-0.39, 0.29) is 26.8 Å². The molecule has 0 fully saturated rings. The van der Waals surface area contributed by atoms with Gasteiger partial charge in [-0.15, -0.1) is 0 Å². The third-order valence-corrected chi connectivity index (χ3v) is 5.35. The fraction of sp³-hybridized carbons (Fsp3) is 0.200. The molecular formula is C20H16Cl2FN3O4S. The lowest BCUT2D eigenvalue weighted by Gasteiger charge is -2.16. The van der Waals surface area contributed by atoms with Crippen LogP contribution in [0.5, 0.6) is 5.75 Å². The van der Waals surface area contributed by atoms with Gasteiger partial charge in [-0.1, -0.05) is 23.2 Å². The molecule has 0 spiro atoms. The molecule has 0 saturated carbocycles. The van der Waals surface area contributed by atoms with Crippen LogP contribution < -0.4 is 10.3 Å². The van der Waals surface area contributed by atoms with Gasteiger partial charge in [0.15, 0.2) is 11.8 Å². The normalized spacial score (nSPS) is 11.8. The molecule has 1 aromatic heterocycles. The van der Waals surface area contributed by atoms with Crippen molar-refractivity contribution in [3.05, 3.63) is 67.4 Å². The summed E-state index contributed by atoms with van der Waals surface area (Å²) < 4.78 is 27.5. The molecule has 1 heterocycles. The zero-order chi connectivity index (χ0) is 22.9. The van der Waals surface area contributed by atoms with E-state index in [4.69, 9.17) is 40.2 Å². The lowest BCUT2D eigenvalue weighted by atomic mass is 10.1. The summed E-state index contributed by atoms with van der Waals surface area (Å²) in [4.78, 5) is 24.5. The highest BCUT2D eigenvalue weighted by atomic mass is 35.5. The Hall–Kier alpha value is -2.75. The van der Waals surface area contributed by atoms with Gasteiger partial charge in [0.1, 0.15) is 11.6 Å². The van der Waals surface area contributed by atoms with E-state index in [1.807, 2.05) is 0 Å². The van der Waals surface area contributed by atoms with Crippen LogP contribution in [-0.4, -0.2) is 33.5 Å². The molecule has 3 rings (SSSR count). The van der Waals surface area contributed by atoms with E-state index in [0.717, 1.165) is 10.6 Å². The monoisotopic (exact) mass is 483 g/mol. The summed E-state index contributed by atoms with van der Waals surface area (Å²) in [6, 6.07) is 8.76. The summed E-state index contributed by atoms with van der Waals surface area (Å²) in [5.41, 5.74) is -0.495. The van der Waals surface area contributed by atoms with Crippen LogP contribution in [0.25, 0.3) is 16.9 Å². The molecule has 0 aliphatic rings. The number of nitrogens with zero attached hydrogens (tertiary/aromatic N) is 3. The molecule has 0 aliphatic carbocycles. The second kappa shape index (κ2) is 9.17. The van der Waals surface area contributed by atoms with Crippen molar-refractivity contribution in [3.63, 3.8) is 0 Å². The van der Waals surface area contributed by atoms with Gasteiger partial charge in [0, 0.05) is 17.6 Å². The van der Waals surface area contributed by atoms with Crippen LogP contribution in [0, 0.1) is 10.6 Å². The van der Waals surface area contributed by atoms with E-state index in [1.165, 1.54) is 31.8 Å². The standard InChI is InChI=1S/C20H16Cl2FN3O4S/c1-10(19(28)29-3)30-16-8-13(15(23)9-14(16)22)17-18(27)25(2)20(31)26(24-17)12-6-4-11(21)5-7-12/h4-10H,1-3H3/t10-/m1/s1. The molecule has 0 radical (unpaired) electrons. The van der Waals surface area contributed by atoms with E-state index in [2.05, 4.69) is 9.84 Å². The first-order chi connectivity index (χ1) is 14.6. The maximum absolute atomic E-state index is 14.8. The summed E-state index contributed by atoms with van der Waals surface area (Å²) in [5, 5.41) is 4.69. The number of halogens is 3. The van der Waals surface area contributed by atoms with Crippen LogP contribution in [0.1, 0.15) is 6.92 Å². The van der Waals surface area contributed by atoms with Crippen molar-refractivity contribution in [1.29, 1.82) is 0 Å². The number of carbonyl (C=O) groups is 1. The van der Waals surface area contributed by atoms with Crippen molar-refractivity contribution >= 4 is 41.4 Å². The first-order valence-corrected chi connectivity index (χ1v) is 10.0. The Balaban J connectivity index is 2.19. The number of ether oxygens (including phenoxy) is 2. The smallest absolute Gasteiger partial charge is 0.346 e. The highest BCUT2D eigenvalue weighted by Crippen LogP contribution is 2.32. The van der Waals surface area contributed by atoms with Crippen molar-refractivity contribution < 1.29 is 18.7 Å². The highest BCUT2D eigenvalue weighted by molar-refractivity contribution is 7.71. The zero-order valence-electron chi connectivity index (χ0n) is 16.6. The average molecular weight is 484 g/mol. The Kier molecular flexibility index (Phi) is 6.78. The quantitative estimate of drug-likeness (QED) is 0.396. The number of hydrogen-bond donors (Lipinski definition) is 0. The molecule has 162 valence electrons. The summed E-state index contributed by atoms with van der Waals surface area (Å²) in [6.45, 7) is 1.45. The number of carbonyl (C=O) groups excluding carboxylic acids is 1. The summed E-state index contributed by atoms with van der Waals surface area (Å²) >= 11 is 17.3. The lowest BCUT2D eigenvalue weighted by Crippen LogP contribution is -2.27. The molecule has 2 aromatic carbocycles. The Morgan fingerprint density at radius 3 is 2.48 bits per heavy atom. The van der Waals surface area contributed by atoms with Crippen molar-refractivity contribution in [1.82, 2.24) is 14.3 Å². The number of aromatic nitrogens is 3. The van der Waals surface area contributed by atoms with E-state index < -0.39 is 23.4 Å². The fourth-order valence-corrected chi connectivity index (χ4v) is 3.25. The second-order valence-corrected chi connectivity index (χ2v) is 7.64. The average Bonchev–Trinajstić information content (AvgIpc) is 2.74. The van der Waals surface area contributed by atoms with Gasteiger partial charge in [-0.25, -0.2) is 13.9 Å². The van der Waals surface area contributed by atoms with Crippen molar-refractivity contribution in [2.75, 3.05) is 7.11 Å². The Bertz CT molecular complexity index is 1280. The van der Waals surface area contributed by atoms with Crippen molar-refractivity contribution in [3.8, 4) is 22.7 Å². The highest BCUT2D eigenvalue weighted by Gasteiger charge is 2.21. The maximum atomic E-state index is 14.8. The third kappa shape index (κ3) is 4.63. The molecule has 31 heavy (non-hydrogen) atoms. The maximum Gasteiger partial charge on any atom is 0.346 e. The summed E-state index contributed by atoms with van der Waals surface area (Å²) in [5.74, 6) is -1.46. The van der Waals surface area contributed by atoms with Crippen molar-refractivity contribution in [2.24, 2.45) is 7.05 Å². The minimum Gasteiger partial charge on any atom is -0.477 e. The molecule has 0 saturated heterocycles. The van der Waals surface area contributed by atoms with E-state index >= 15 is 0 Å². The number of esters is 1.